The summed E-state index contributed by atoms with van der Waals surface area (Å²) in [5.74, 6) is -0.296. The van der Waals surface area contributed by atoms with Gasteiger partial charge in [0.25, 0.3) is 0 Å². The molecule has 0 saturated heterocycles. The zero-order valence-corrected chi connectivity index (χ0v) is 8.10. The van der Waals surface area contributed by atoms with Gasteiger partial charge in [-0.15, -0.1) is 0 Å². The van der Waals surface area contributed by atoms with E-state index in [-0.39, 0.29) is 11.2 Å². The van der Waals surface area contributed by atoms with Crippen LogP contribution in [0.3, 0.4) is 0 Å². The van der Waals surface area contributed by atoms with Gasteiger partial charge in [0.2, 0.25) is 0 Å². The van der Waals surface area contributed by atoms with Crippen LogP contribution in [-0.4, -0.2) is 6.29 Å². The minimum Gasteiger partial charge on any atom is -0.298 e. The Bertz CT molecular complexity index is 323. The molecule has 1 nitrogen and oxygen atoms in total. The summed E-state index contributed by atoms with van der Waals surface area (Å²) in [4.78, 5) is 10.7. The lowest BCUT2D eigenvalue weighted by atomic mass is 9.84. The van der Waals surface area contributed by atoms with Crippen molar-refractivity contribution in [1.29, 1.82) is 0 Å². The summed E-state index contributed by atoms with van der Waals surface area (Å²) in [6.07, 6.45) is 0.764. The second-order valence-corrected chi connectivity index (χ2v) is 4.10. The van der Waals surface area contributed by atoms with Crippen LogP contribution in [0, 0.1) is 5.82 Å². The monoisotopic (exact) mass is 180 g/mol. The van der Waals surface area contributed by atoms with Gasteiger partial charge in [0.1, 0.15) is 12.1 Å². The van der Waals surface area contributed by atoms with Gasteiger partial charge < -0.3 is 0 Å². The molecule has 1 rings (SSSR count). The fourth-order valence-electron chi connectivity index (χ4n) is 1.28. The van der Waals surface area contributed by atoms with Crippen LogP contribution in [0.15, 0.2) is 18.2 Å². The van der Waals surface area contributed by atoms with Crippen molar-refractivity contribution in [2.45, 2.75) is 26.2 Å². The molecular formula is C11H13FO. The summed E-state index contributed by atoms with van der Waals surface area (Å²) in [6.45, 7) is 5.86. The van der Waals surface area contributed by atoms with Gasteiger partial charge in [-0.25, -0.2) is 4.39 Å². The number of halogens is 1. The molecule has 0 aromatic heterocycles. The van der Waals surface area contributed by atoms with Crippen LogP contribution in [-0.2, 0) is 5.41 Å². The van der Waals surface area contributed by atoms with Crippen molar-refractivity contribution in [1.82, 2.24) is 0 Å². The van der Waals surface area contributed by atoms with Crippen molar-refractivity contribution in [2.24, 2.45) is 0 Å². The van der Waals surface area contributed by atoms with Crippen LogP contribution in [0.5, 0.6) is 0 Å². The number of rotatable bonds is 1. The van der Waals surface area contributed by atoms with Gasteiger partial charge in [0.05, 0.1) is 0 Å². The van der Waals surface area contributed by atoms with Gasteiger partial charge in [-0.2, -0.15) is 0 Å². The Balaban J connectivity index is 3.32. The molecule has 0 aliphatic carbocycles. The maximum atomic E-state index is 12.9. The first-order chi connectivity index (χ1) is 5.95. The Morgan fingerprint density at radius 1 is 1.31 bits per heavy atom. The number of carbonyl (C=O) groups is 1. The van der Waals surface area contributed by atoms with Crippen molar-refractivity contribution >= 4 is 6.29 Å². The van der Waals surface area contributed by atoms with E-state index >= 15 is 0 Å². The average molecular weight is 180 g/mol. The molecule has 0 amide bonds. The second-order valence-electron chi connectivity index (χ2n) is 4.10. The largest absolute Gasteiger partial charge is 0.298 e. The number of benzene rings is 1. The summed E-state index contributed by atoms with van der Waals surface area (Å²) < 4.78 is 12.9. The minimum atomic E-state index is -0.296. The minimum absolute atomic E-state index is 0.196. The Morgan fingerprint density at radius 2 is 1.92 bits per heavy atom. The zero-order chi connectivity index (χ0) is 10.1. The summed E-state index contributed by atoms with van der Waals surface area (Å²) >= 11 is 0. The predicted molar refractivity (Wildman–Crippen MR) is 50.5 cm³/mol. The zero-order valence-electron chi connectivity index (χ0n) is 8.10. The lowest BCUT2D eigenvalue weighted by Gasteiger charge is -2.20. The third-order valence-electron chi connectivity index (χ3n) is 1.95. The summed E-state index contributed by atoms with van der Waals surface area (Å²) in [7, 11) is 0. The maximum absolute atomic E-state index is 12.9. The first-order valence-electron chi connectivity index (χ1n) is 4.20. The fourth-order valence-corrected chi connectivity index (χ4v) is 1.28. The molecule has 1 aromatic rings. The van der Waals surface area contributed by atoms with Gasteiger partial charge in [-0.3, -0.25) is 4.79 Å². The number of hydrogen-bond acceptors (Lipinski definition) is 1. The van der Waals surface area contributed by atoms with E-state index in [1.54, 1.807) is 0 Å². The highest BCUT2D eigenvalue weighted by atomic mass is 19.1. The van der Waals surface area contributed by atoms with Gasteiger partial charge in [0.15, 0.2) is 0 Å². The molecule has 0 saturated carbocycles. The van der Waals surface area contributed by atoms with E-state index < -0.39 is 0 Å². The van der Waals surface area contributed by atoms with Crippen molar-refractivity contribution in [3.8, 4) is 0 Å². The van der Waals surface area contributed by atoms with Gasteiger partial charge >= 0.3 is 0 Å². The van der Waals surface area contributed by atoms with Gasteiger partial charge in [-0.1, -0.05) is 20.8 Å². The molecule has 0 N–H and O–H groups in total. The van der Waals surface area contributed by atoms with Crippen LogP contribution < -0.4 is 0 Å². The van der Waals surface area contributed by atoms with E-state index in [2.05, 4.69) is 0 Å². The molecule has 0 atom stereocenters. The van der Waals surface area contributed by atoms with Crippen molar-refractivity contribution < 1.29 is 9.18 Å². The molecule has 0 spiro atoms. The van der Waals surface area contributed by atoms with Crippen molar-refractivity contribution in [2.75, 3.05) is 0 Å². The van der Waals surface area contributed by atoms with E-state index in [1.165, 1.54) is 18.2 Å². The Labute approximate surface area is 77.6 Å². The molecule has 2 heteroatoms. The van der Waals surface area contributed by atoms with Crippen LogP contribution in [0.25, 0.3) is 0 Å². The van der Waals surface area contributed by atoms with E-state index in [4.69, 9.17) is 0 Å². The quantitative estimate of drug-likeness (QED) is 0.607. The maximum Gasteiger partial charge on any atom is 0.150 e. The Morgan fingerprint density at radius 3 is 2.38 bits per heavy atom. The highest BCUT2D eigenvalue weighted by Gasteiger charge is 2.17. The normalized spacial score (nSPS) is 11.4. The van der Waals surface area contributed by atoms with Gasteiger partial charge in [-0.05, 0) is 29.2 Å². The predicted octanol–water partition coefficient (Wildman–Crippen LogP) is 2.94. The third kappa shape index (κ3) is 2.14. The first-order valence-corrected chi connectivity index (χ1v) is 4.20. The highest BCUT2D eigenvalue weighted by molar-refractivity contribution is 5.77. The van der Waals surface area contributed by atoms with Crippen LogP contribution >= 0.6 is 0 Å². The molecule has 0 bridgehead atoms. The summed E-state index contributed by atoms with van der Waals surface area (Å²) in [6, 6.07) is 4.24. The molecular weight excluding hydrogens is 167 g/mol. The van der Waals surface area contributed by atoms with E-state index in [1.807, 2.05) is 20.8 Å². The lowest BCUT2D eigenvalue weighted by molar-refractivity contribution is 0.112. The van der Waals surface area contributed by atoms with Crippen molar-refractivity contribution in [3.05, 3.63) is 35.1 Å². The lowest BCUT2D eigenvalue weighted by Crippen LogP contribution is -2.14. The molecule has 0 heterocycles. The van der Waals surface area contributed by atoms with E-state index in [0.717, 1.165) is 11.8 Å². The standard InChI is InChI=1S/C11H13FO/c1-11(2,3)10-6-9(12)5-4-8(10)7-13/h4-7H,1-3H3. The van der Waals surface area contributed by atoms with Crippen molar-refractivity contribution in [3.63, 3.8) is 0 Å². The number of carbonyl (C=O) groups excluding carboxylic acids is 1. The van der Waals surface area contributed by atoms with Crippen LogP contribution in [0.4, 0.5) is 4.39 Å². The Hall–Kier alpha value is -1.18. The fraction of sp³-hybridized carbons (Fsp3) is 0.364. The Kier molecular flexibility index (Phi) is 2.50. The van der Waals surface area contributed by atoms with Gasteiger partial charge in [0, 0.05) is 5.56 Å². The summed E-state index contributed by atoms with van der Waals surface area (Å²) in [5.41, 5.74) is 1.12. The third-order valence-corrected chi connectivity index (χ3v) is 1.95. The average Bonchev–Trinajstić information content (AvgIpc) is 2.03. The molecule has 13 heavy (non-hydrogen) atoms. The molecule has 0 aliphatic heterocycles. The number of hydrogen-bond donors (Lipinski definition) is 0. The smallest absolute Gasteiger partial charge is 0.150 e. The topological polar surface area (TPSA) is 17.1 Å². The van der Waals surface area contributed by atoms with Crippen LogP contribution in [0.2, 0.25) is 0 Å². The SMILES string of the molecule is CC(C)(C)c1cc(F)ccc1C=O. The van der Waals surface area contributed by atoms with Crippen LogP contribution in [0.1, 0.15) is 36.7 Å². The molecule has 0 radical (unpaired) electrons. The highest BCUT2D eigenvalue weighted by Crippen LogP contribution is 2.25. The molecule has 70 valence electrons. The summed E-state index contributed by atoms with van der Waals surface area (Å²) in [5, 5.41) is 0. The molecule has 0 aliphatic rings. The number of aldehydes is 1. The molecule has 1 aromatic carbocycles. The molecule has 0 fully saturated rings. The van der Waals surface area contributed by atoms with E-state index in [0.29, 0.717) is 5.56 Å². The first kappa shape index (κ1) is 9.90. The molecule has 0 unspecified atom stereocenters. The van der Waals surface area contributed by atoms with E-state index in [9.17, 15) is 9.18 Å². The second kappa shape index (κ2) is 3.29.